The van der Waals surface area contributed by atoms with Gasteiger partial charge in [-0.2, -0.15) is 5.26 Å². The van der Waals surface area contributed by atoms with Crippen LogP contribution in [0.3, 0.4) is 0 Å². The molecule has 0 spiro atoms. The third-order valence-electron chi connectivity index (χ3n) is 6.48. The van der Waals surface area contributed by atoms with Gasteiger partial charge in [0.25, 0.3) is 0 Å². The molecular formula is C29H29N3O5. The molecule has 0 amide bonds. The van der Waals surface area contributed by atoms with Crippen LogP contribution < -0.4 is 5.73 Å². The molecule has 2 N–H and O–H groups in total. The van der Waals surface area contributed by atoms with Crippen molar-refractivity contribution in [2.75, 3.05) is 33.9 Å². The first-order valence-electron chi connectivity index (χ1n) is 12.0. The SMILES string of the molecule is CCCN1CC2=C(OC(N)=C(C#N)C2c2ccc(C(=O)OC)cc2)/C(=C/c2ccc(C(=O)OC)cc2)C1. The summed E-state index contributed by atoms with van der Waals surface area (Å²) in [6.45, 7) is 4.25. The molecule has 0 bridgehead atoms. The second kappa shape index (κ2) is 11.1. The number of carbonyl (C=O) groups excluding carboxylic acids is 2. The van der Waals surface area contributed by atoms with Crippen LogP contribution in [0.5, 0.6) is 0 Å². The molecule has 1 unspecified atom stereocenters. The average Bonchev–Trinajstić information content (AvgIpc) is 2.92. The fraction of sp³-hybridized carbons (Fsp3) is 0.276. The second-order valence-corrected chi connectivity index (χ2v) is 8.89. The van der Waals surface area contributed by atoms with Gasteiger partial charge >= 0.3 is 11.9 Å². The summed E-state index contributed by atoms with van der Waals surface area (Å²) in [6.07, 6.45) is 2.98. The van der Waals surface area contributed by atoms with Crippen molar-refractivity contribution in [2.45, 2.75) is 19.3 Å². The highest BCUT2D eigenvalue weighted by molar-refractivity contribution is 5.90. The van der Waals surface area contributed by atoms with E-state index in [9.17, 15) is 14.9 Å². The Kier molecular flexibility index (Phi) is 7.75. The number of hydrogen-bond acceptors (Lipinski definition) is 8. The van der Waals surface area contributed by atoms with Gasteiger partial charge in [0.1, 0.15) is 17.4 Å². The van der Waals surface area contributed by atoms with Crippen molar-refractivity contribution < 1.29 is 23.8 Å². The molecule has 8 nitrogen and oxygen atoms in total. The van der Waals surface area contributed by atoms with E-state index in [-0.39, 0.29) is 5.88 Å². The zero-order chi connectivity index (χ0) is 26.5. The summed E-state index contributed by atoms with van der Waals surface area (Å²) in [7, 11) is 2.69. The van der Waals surface area contributed by atoms with Gasteiger partial charge in [-0.1, -0.05) is 31.2 Å². The van der Waals surface area contributed by atoms with Crippen molar-refractivity contribution in [3.05, 3.63) is 99.1 Å². The van der Waals surface area contributed by atoms with Gasteiger partial charge in [0.2, 0.25) is 5.88 Å². The van der Waals surface area contributed by atoms with Crippen LogP contribution in [0.1, 0.15) is 51.1 Å². The average molecular weight is 500 g/mol. The highest BCUT2D eigenvalue weighted by Gasteiger charge is 2.37. The molecule has 1 atom stereocenters. The Labute approximate surface area is 216 Å². The minimum absolute atomic E-state index is 0.0687. The van der Waals surface area contributed by atoms with Crippen molar-refractivity contribution in [1.82, 2.24) is 4.90 Å². The van der Waals surface area contributed by atoms with Crippen LogP contribution >= 0.6 is 0 Å². The number of benzene rings is 2. The summed E-state index contributed by atoms with van der Waals surface area (Å²) in [6, 6.07) is 16.4. The molecule has 0 saturated heterocycles. The molecule has 0 aliphatic carbocycles. The van der Waals surface area contributed by atoms with Crippen LogP contribution in [0.2, 0.25) is 0 Å². The molecule has 0 saturated carbocycles. The summed E-state index contributed by atoms with van der Waals surface area (Å²) in [4.78, 5) is 26.1. The summed E-state index contributed by atoms with van der Waals surface area (Å²) < 4.78 is 15.7. The molecule has 8 heteroatoms. The van der Waals surface area contributed by atoms with Crippen LogP contribution in [-0.4, -0.2) is 50.7 Å². The molecular weight excluding hydrogens is 470 g/mol. The smallest absolute Gasteiger partial charge is 0.337 e. The van der Waals surface area contributed by atoms with E-state index in [1.54, 1.807) is 24.3 Å². The molecule has 0 fully saturated rings. The number of nitriles is 1. The molecule has 2 aliphatic heterocycles. The van der Waals surface area contributed by atoms with Gasteiger partial charge in [-0.15, -0.1) is 0 Å². The molecule has 4 rings (SSSR count). The molecule has 2 aromatic rings. The topological polar surface area (TPSA) is 115 Å². The Hall–Kier alpha value is -4.35. The quantitative estimate of drug-likeness (QED) is 0.590. The summed E-state index contributed by atoms with van der Waals surface area (Å²) in [5.74, 6) is -0.508. The first-order valence-corrected chi connectivity index (χ1v) is 12.0. The number of methoxy groups -OCH3 is 2. The molecule has 190 valence electrons. The van der Waals surface area contributed by atoms with Crippen molar-refractivity contribution in [3.63, 3.8) is 0 Å². The number of ether oxygens (including phenoxy) is 3. The Morgan fingerprint density at radius 3 is 2.19 bits per heavy atom. The number of nitrogens with two attached hydrogens (primary N) is 1. The molecule has 2 aliphatic rings. The van der Waals surface area contributed by atoms with Gasteiger partial charge in [0.05, 0.1) is 31.3 Å². The standard InChI is InChI=1S/C29H29N3O5/c1-4-13-32-16-22(14-18-5-7-20(8-6-18)28(33)35-2)26-24(17-32)25(23(15-30)27(31)37-26)19-9-11-21(12-10-19)29(34)36-3/h5-12,14,25H,4,13,16-17,31H2,1-3H3/b22-14+. The predicted octanol–water partition coefficient (Wildman–Crippen LogP) is 4.13. The first-order chi connectivity index (χ1) is 17.9. The van der Waals surface area contributed by atoms with E-state index in [0.29, 0.717) is 35.5 Å². The van der Waals surface area contributed by atoms with Gasteiger partial charge in [0.15, 0.2) is 0 Å². The number of esters is 2. The number of nitrogens with zero attached hydrogens (tertiary/aromatic N) is 2. The summed E-state index contributed by atoms with van der Waals surface area (Å²) in [5.41, 5.74) is 11.1. The highest BCUT2D eigenvalue weighted by atomic mass is 16.5. The van der Waals surface area contributed by atoms with E-state index in [4.69, 9.17) is 19.9 Å². The molecule has 0 radical (unpaired) electrons. The van der Waals surface area contributed by atoms with E-state index in [0.717, 1.165) is 35.2 Å². The minimum Gasteiger partial charge on any atom is -0.465 e. The van der Waals surface area contributed by atoms with Gasteiger partial charge < -0.3 is 19.9 Å². The van der Waals surface area contributed by atoms with Gasteiger partial charge in [-0.05, 0) is 60.0 Å². The second-order valence-electron chi connectivity index (χ2n) is 8.89. The van der Waals surface area contributed by atoms with Gasteiger partial charge in [-0.25, -0.2) is 9.59 Å². The van der Waals surface area contributed by atoms with E-state index in [1.165, 1.54) is 14.2 Å². The van der Waals surface area contributed by atoms with Crippen LogP contribution in [0.4, 0.5) is 0 Å². The lowest BCUT2D eigenvalue weighted by atomic mass is 9.80. The maximum atomic E-state index is 11.9. The summed E-state index contributed by atoms with van der Waals surface area (Å²) >= 11 is 0. The zero-order valence-corrected chi connectivity index (χ0v) is 21.1. The van der Waals surface area contributed by atoms with E-state index >= 15 is 0 Å². The largest absolute Gasteiger partial charge is 0.465 e. The lowest BCUT2D eigenvalue weighted by molar-refractivity contribution is 0.0592. The monoisotopic (exact) mass is 499 g/mol. The third-order valence-corrected chi connectivity index (χ3v) is 6.48. The Bertz CT molecular complexity index is 1330. The Morgan fingerprint density at radius 1 is 1.05 bits per heavy atom. The lowest BCUT2D eigenvalue weighted by Gasteiger charge is -2.38. The van der Waals surface area contributed by atoms with Crippen molar-refractivity contribution in [1.29, 1.82) is 5.26 Å². The number of rotatable bonds is 6. The van der Waals surface area contributed by atoms with E-state index in [2.05, 4.69) is 17.9 Å². The molecule has 2 heterocycles. The zero-order valence-electron chi connectivity index (χ0n) is 21.1. The number of hydrogen-bond donors (Lipinski definition) is 1. The molecule has 37 heavy (non-hydrogen) atoms. The van der Waals surface area contributed by atoms with Crippen molar-refractivity contribution in [2.24, 2.45) is 5.73 Å². The van der Waals surface area contributed by atoms with Crippen LogP contribution in [-0.2, 0) is 14.2 Å². The normalized spacial score (nSPS) is 18.6. The van der Waals surface area contributed by atoms with E-state index in [1.807, 2.05) is 30.3 Å². The summed E-state index contributed by atoms with van der Waals surface area (Å²) in [5, 5.41) is 10.00. The van der Waals surface area contributed by atoms with Gasteiger partial charge in [-0.3, -0.25) is 4.90 Å². The fourth-order valence-electron chi connectivity index (χ4n) is 4.76. The predicted molar refractivity (Wildman–Crippen MR) is 138 cm³/mol. The van der Waals surface area contributed by atoms with Gasteiger partial charge in [0, 0.05) is 18.7 Å². The number of allylic oxidation sites excluding steroid dienone is 1. The third kappa shape index (κ3) is 5.27. The first kappa shape index (κ1) is 25.7. The van der Waals surface area contributed by atoms with Crippen LogP contribution in [0.25, 0.3) is 6.08 Å². The minimum atomic E-state index is -0.427. The Balaban J connectivity index is 1.80. The number of carbonyl (C=O) groups is 2. The van der Waals surface area contributed by atoms with E-state index < -0.39 is 17.9 Å². The van der Waals surface area contributed by atoms with Crippen molar-refractivity contribution >= 4 is 18.0 Å². The van der Waals surface area contributed by atoms with Crippen LogP contribution in [0, 0.1) is 11.3 Å². The molecule has 0 aromatic heterocycles. The van der Waals surface area contributed by atoms with Crippen LogP contribution in [0.15, 0.2) is 76.9 Å². The lowest BCUT2D eigenvalue weighted by Crippen LogP contribution is -2.38. The van der Waals surface area contributed by atoms with Crippen molar-refractivity contribution in [3.8, 4) is 6.07 Å². The molecule has 2 aromatic carbocycles. The maximum absolute atomic E-state index is 11.9. The highest BCUT2D eigenvalue weighted by Crippen LogP contribution is 2.43. The fourth-order valence-corrected chi connectivity index (χ4v) is 4.76. The Morgan fingerprint density at radius 2 is 1.65 bits per heavy atom. The maximum Gasteiger partial charge on any atom is 0.337 e.